The maximum absolute atomic E-state index is 5.78. The first kappa shape index (κ1) is 8.07. The van der Waals surface area contributed by atoms with Gasteiger partial charge in [0, 0.05) is 0 Å². The Morgan fingerprint density at radius 1 is 1.45 bits per heavy atom. The summed E-state index contributed by atoms with van der Waals surface area (Å²) in [7, 11) is 0. The van der Waals surface area contributed by atoms with E-state index in [2.05, 4.69) is 4.98 Å². The van der Waals surface area contributed by atoms with Gasteiger partial charge in [-0.25, -0.2) is 0 Å². The SMILES string of the molecule is Cc1nc(N)oc1C(C)(C)N. The highest BCUT2D eigenvalue weighted by molar-refractivity contribution is 5.23. The summed E-state index contributed by atoms with van der Waals surface area (Å²) in [5, 5.41) is 0. The first-order chi connectivity index (χ1) is 4.91. The molecule has 0 aliphatic rings. The lowest BCUT2D eigenvalue weighted by Gasteiger charge is -2.14. The van der Waals surface area contributed by atoms with Gasteiger partial charge in [-0.1, -0.05) is 0 Å². The molecule has 1 rings (SSSR count). The van der Waals surface area contributed by atoms with Gasteiger partial charge in [-0.15, -0.1) is 0 Å². The van der Waals surface area contributed by atoms with Crippen LogP contribution in [0.3, 0.4) is 0 Å². The molecule has 0 fully saturated rings. The number of anilines is 1. The summed E-state index contributed by atoms with van der Waals surface area (Å²) in [6.07, 6.45) is 0. The molecule has 62 valence electrons. The minimum atomic E-state index is -0.505. The van der Waals surface area contributed by atoms with Crippen LogP contribution in [0.1, 0.15) is 25.3 Å². The molecule has 0 atom stereocenters. The van der Waals surface area contributed by atoms with Crippen LogP contribution in [0.5, 0.6) is 0 Å². The minimum absolute atomic E-state index is 0.177. The van der Waals surface area contributed by atoms with Crippen LogP contribution < -0.4 is 11.5 Å². The van der Waals surface area contributed by atoms with E-state index in [4.69, 9.17) is 15.9 Å². The summed E-state index contributed by atoms with van der Waals surface area (Å²) in [6.45, 7) is 5.52. The fourth-order valence-corrected chi connectivity index (χ4v) is 1.02. The number of nitrogen functional groups attached to an aromatic ring is 1. The molecule has 0 unspecified atom stereocenters. The predicted octanol–water partition coefficient (Wildman–Crippen LogP) is 0.759. The molecule has 0 bridgehead atoms. The van der Waals surface area contributed by atoms with Crippen molar-refractivity contribution in [3.8, 4) is 0 Å². The average molecular weight is 155 g/mol. The lowest BCUT2D eigenvalue weighted by Crippen LogP contribution is -2.28. The zero-order valence-electron chi connectivity index (χ0n) is 7.01. The average Bonchev–Trinajstić information content (AvgIpc) is 2.08. The third kappa shape index (κ3) is 1.51. The summed E-state index contributed by atoms with van der Waals surface area (Å²) in [5.74, 6) is 0.648. The molecule has 0 saturated carbocycles. The number of nitrogens with two attached hydrogens (primary N) is 2. The van der Waals surface area contributed by atoms with E-state index in [9.17, 15) is 0 Å². The first-order valence-corrected chi connectivity index (χ1v) is 3.43. The third-order valence-corrected chi connectivity index (χ3v) is 1.40. The van der Waals surface area contributed by atoms with Crippen LogP contribution in [0.4, 0.5) is 6.01 Å². The number of hydrogen-bond donors (Lipinski definition) is 2. The van der Waals surface area contributed by atoms with Gasteiger partial charge in [-0.2, -0.15) is 4.98 Å². The molecular formula is C7H13N3O. The predicted molar refractivity (Wildman–Crippen MR) is 42.9 cm³/mol. The Balaban J connectivity index is 3.13. The summed E-state index contributed by atoms with van der Waals surface area (Å²) < 4.78 is 5.12. The molecule has 1 aromatic heterocycles. The molecule has 0 saturated heterocycles. The van der Waals surface area contributed by atoms with Gasteiger partial charge in [-0.05, 0) is 20.8 Å². The van der Waals surface area contributed by atoms with Crippen LogP contribution in [0.15, 0.2) is 4.42 Å². The molecule has 1 heterocycles. The van der Waals surface area contributed by atoms with Gasteiger partial charge < -0.3 is 15.9 Å². The lowest BCUT2D eigenvalue weighted by molar-refractivity contribution is 0.400. The number of aromatic nitrogens is 1. The Labute approximate surface area is 65.6 Å². The van der Waals surface area contributed by atoms with Gasteiger partial charge in [0.2, 0.25) is 0 Å². The molecule has 0 aromatic carbocycles. The third-order valence-electron chi connectivity index (χ3n) is 1.40. The molecule has 0 aliphatic heterocycles. The summed E-state index contributed by atoms with van der Waals surface area (Å²) >= 11 is 0. The Bertz CT molecular complexity index is 259. The first-order valence-electron chi connectivity index (χ1n) is 3.43. The zero-order chi connectivity index (χ0) is 8.65. The Hall–Kier alpha value is -1.03. The Kier molecular flexibility index (Phi) is 1.64. The van der Waals surface area contributed by atoms with E-state index < -0.39 is 5.54 Å². The second-order valence-electron chi connectivity index (χ2n) is 3.19. The Morgan fingerprint density at radius 2 is 2.00 bits per heavy atom. The number of aryl methyl sites for hydroxylation is 1. The lowest BCUT2D eigenvalue weighted by atomic mass is 10.0. The quantitative estimate of drug-likeness (QED) is 0.627. The molecule has 0 spiro atoms. The number of rotatable bonds is 1. The highest BCUT2D eigenvalue weighted by Gasteiger charge is 2.22. The second kappa shape index (κ2) is 2.23. The van der Waals surface area contributed by atoms with Gasteiger partial charge in [0.05, 0.1) is 11.2 Å². The molecule has 4 N–H and O–H groups in total. The number of nitrogens with zero attached hydrogens (tertiary/aromatic N) is 1. The van der Waals surface area contributed by atoms with E-state index in [1.807, 2.05) is 20.8 Å². The molecule has 0 amide bonds. The zero-order valence-corrected chi connectivity index (χ0v) is 7.01. The van der Waals surface area contributed by atoms with Crippen LogP contribution in [0.25, 0.3) is 0 Å². The fraction of sp³-hybridized carbons (Fsp3) is 0.571. The van der Waals surface area contributed by atoms with E-state index in [1.54, 1.807) is 0 Å². The van der Waals surface area contributed by atoms with Gasteiger partial charge >= 0.3 is 0 Å². The molecular weight excluding hydrogens is 142 g/mol. The number of hydrogen-bond acceptors (Lipinski definition) is 4. The smallest absolute Gasteiger partial charge is 0.292 e. The van der Waals surface area contributed by atoms with Crippen LogP contribution >= 0.6 is 0 Å². The molecule has 4 nitrogen and oxygen atoms in total. The van der Waals surface area contributed by atoms with E-state index in [0.717, 1.165) is 5.69 Å². The summed E-state index contributed by atoms with van der Waals surface area (Å²) in [6, 6.07) is 0.177. The van der Waals surface area contributed by atoms with Crippen molar-refractivity contribution in [1.29, 1.82) is 0 Å². The van der Waals surface area contributed by atoms with Gasteiger partial charge in [0.15, 0.2) is 0 Å². The molecule has 0 radical (unpaired) electrons. The van der Waals surface area contributed by atoms with E-state index in [-0.39, 0.29) is 6.01 Å². The highest BCUT2D eigenvalue weighted by atomic mass is 16.4. The van der Waals surface area contributed by atoms with Crippen molar-refractivity contribution in [3.63, 3.8) is 0 Å². The van der Waals surface area contributed by atoms with Crippen molar-refractivity contribution in [1.82, 2.24) is 4.98 Å². The van der Waals surface area contributed by atoms with E-state index >= 15 is 0 Å². The highest BCUT2D eigenvalue weighted by Crippen LogP contribution is 2.22. The monoisotopic (exact) mass is 155 g/mol. The largest absolute Gasteiger partial charge is 0.427 e. The maximum Gasteiger partial charge on any atom is 0.292 e. The topological polar surface area (TPSA) is 78.1 Å². The fourth-order valence-electron chi connectivity index (χ4n) is 1.02. The summed E-state index contributed by atoms with van der Waals surface area (Å²) in [4.78, 5) is 3.91. The minimum Gasteiger partial charge on any atom is -0.427 e. The van der Waals surface area contributed by atoms with Gasteiger partial charge in [0.25, 0.3) is 6.01 Å². The van der Waals surface area contributed by atoms with Crippen molar-refractivity contribution >= 4 is 6.01 Å². The van der Waals surface area contributed by atoms with Crippen LogP contribution in [0.2, 0.25) is 0 Å². The van der Waals surface area contributed by atoms with Crippen molar-refractivity contribution in [2.24, 2.45) is 5.73 Å². The number of oxazole rings is 1. The van der Waals surface area contributed by atoms with Crippen molar-refractivity contribution in [3.05, 3.63) is 11.5 Å². The molecule has 4 heteroatoms. The van der Waals surface area contributed by atoms with Gasteiger partial charge in [0.1, 0.15) is 5.76 Å². The van der Waals surface area contributed by atoms with E-state index in [0.29, 0.717) is 5.76 Å². The molecule has 1 aromatic rings. The van der Waals surface area contributed by atoms with Gasteiger partial charge in [-0.3, -0.25) is 0 Å². The maximum atomic E-state index is 5.78. The Morgan fingerprint density at radius 3 is 2.18 bits per heavy atom. The van der Waals surface area contributed by atoms with Crippen LogP contribution in [0, 0.1) is 6.92 Å². The second-order valence-corrected chi connectivity index (χ2v) is 3.19. The normalized spacial score (nSPS) is 12.0. The van der Waals surface area contributed by atoms with Crippen molar-refractivity contribution < 1.29 is 4.42 Å². The van der Waals surface area contributed by atoms with Crippen LogP contribution in [-0.2, 0) is 5.54 Å². The van der Waals surface area contributed by atoms with Crippen LogP contribution in [-0.4, -0.2) is 4.98 Å². The summed E-state index contributed by atoms with van der Waals surface area (Å²) in [5.41, 5.74) is 11.4. The molecule has 11 heavy (non-hydrogen) atoms. The van der Waals surface area contributed by atoms with E-state index in [1.165, 1.54) is 0 Å². The van der Waals surface area contributed by atoms with Crippen molar-refractivity contribution in [2.75, 3.05) is 5.73 Å². The standard InChI is InChI=1S/C7H13N3O/c1-4-5(7(2,3)9)11-6(8)10-4/h9H2,1-3H3,(H2,8,10). The molecule has 0 aliphatic carbocycles. The van der Waals surface area contributed by atoms with Crippen molar-refractivity contribution in [2.45, 2.75) is 26.3 Å².